The molecule has 1 aliphatic carbocycles. The van der Waals surface area contributed by atoms with E-state index in [1.165, 1.54) is 6.07 Å². The van der Waals surface area contributed by atoms with E-state index in [1.54, 1.807) is 18.2 Å². The number of Topliss-reactive ketones (excluding diaryl/α,β-unsaturated/α-hetero) is 2. The molecule has 0 bridgehead atoms. The van der Waals surface area contributed by atoms with Crippen molar-refractivity contribution in [1.82, 2.24) is 4.98 Å². The van der Waals surface area contributed by atoms with Crippen LogP contribution in [0.5, 0.6) is 5.75 Å². The summed E-state index contributed by atoms with van der Waals surface area (Å²) < 4.78 is 43.8. The number of carbonyl (C=O) groups excluding carboxylic acids is 2. The first-order valence-corrected chi connectivity index (χ1v) is 12.2. The molecule has 0 spiro atoms. The van der Waals surface area contributed by atoms with Gasteiger partial charge in [-0.25, -0.2) is 0 Å². The van der Waals surface area contributed by atoms with Crippen LogP contribution in [0.25, 0.3) is 0 Å². The summed E-state index contributed by atoms with van der Waals surface area (Å²) in [7, 11) is 0. The van der Waals surface area contributed by atoms with Crippen LogP contribution in [0.3, 0.4) is 0 Å². The number of hydrogen-bond donors (Lipinski definition) is 1. The summed E-state index contributed by atoms with van der Waals surface area (Å²) in [6, 6.07) is 7.27. The highest BCUT2D eigenvalue weighted by molar-refractivity contribution is 6.30. The molecule has 9 heteroatoms. The van der Waals surface area contributed by atoms with Gasteiger partial charge in [0.05, 0.1) is 11.7 Å². The molecule has 0 radical (unpaired) electrons. The Morgan fingerprint density at radius 2 is 1.83 bits per heavy atom. The molecule has 4 rings (SSSR count). The molecule has 188 valence electrons. The lowest BCUT2D eigenvalue weighted by molar-refractivity contribution is -0.138. The Morgan fingerprint density at radius 1 is 1.09 bits per heavy atom. The van der Waals surface area contributed by atoms with Crippen molar-refractivity contribution >= 4 is 23.2 Å². The van der Waals surface area contributed by atoms with Crippen LogP contribution in [0, 0.1) is 11.8 Å². The topological polar surface area (TPSA) is 76.5 Å². The molecule has 1 saturated carbocycles. The SMILES string of the molecule is O=C(CCc1ccc(C(F)(F)F)cn1)C1CCC(CC(=O)[C@H]2C[C@H](O)c3cc(Cl)ccc3O2)CC1. The molecule has 1 N–H and O–H groups in total. The van der Waals surface area contributed by atoms with Crippen molar-refractivity contribution in [3.8, 4) is 5.75 Å². The Hall–Kier alpha value is -2.45. The summed E-state index contributed by atoms with van der Waals surface area (Å²) >= 11 is 5.98. The lowest BCUT2D eigenvalue weighted by atomic mass is 9.77. The number of ether oxygens (including phenoxy) is 1. The number of hydrogen-bond acceptors (Lipinski definition) is 5. The fourth-order valence-corrected chi connectivity index (χ4v) is 5.10. The molecule has 0 saturated heterocycles. The van der Waals surface area contributed by atoms with Gasteiger partial charge in [-0.05, 0) is 68.4 Å². The Kier molecular flexibility index (Phi) is 7.81. The van der Waals surface area contributed by atoms with Crippen LogP contribution in [0.1, 0.15) is 67.9 Å². The van der Waals surface area contributed by atoms with Gasteiger partial charge in [0.2, 0.25) is 0 Å². The molecular formula is C26H27ClF3NO4. The number of alkyl halides is 3. The van der Waals surface area contributed by atoms with Crippen molar-refractivity contribution in [2.45, 2.75) is 69.8 Å². The molecule has 0 unspecified atom stereocenters. The van der Waals surface area contributed by atoms with Crippen LogP contribution in [0.2, 0.25) is 5.02 Å². The zero-order chi connectivity index (χ0) is 25.2. The van der Waals surface area contributed by atoms with Crippen LogP contribution >= 0.6 is 11.6 Å². The minimum Gasteiger partial charge on any atom is -0.482 e. The van der Waals surface area contributed by atoms with Crippen LogP contribution in [0.4, 0.5) is 13.2 Å². The average Bonchev–Trinajstić information content (AvgIpc) is 2.83. The van der Waals surface area contributed by atoms with Gasteiger partial charge in [0.25, 0.3) is 0 Å². The monoisotopic (exact) mass is 509 g/mol. The molecule has 35 heavy (non-hydrogen) atoms. The van der Waals surface area contributed by atoms with Gasteiger partial charge in [-0.3, -0.25) is 14.6 Å². The maximum Gasteiger partial charge on any atom is 0.417 e. The second-order valence-corrected chi connectivity index (χ2v) is 9.87. The zero-order valence-electron chi connectivity index (χ0n) is 19.1. The van der Waals surface area contributed by atoms with E-state index < -0.39 is 23.9 Å². The third-order valence-corrected chi connectivity index (χ3v) is 7.20. The molecule has 0 amide bonds. The number of halogens is 4. The van der Waals surface area contributed by atoms with Crippen LogP contribution in [-0.4, -0.2) is 27.8 Å². The van der Waals surface area contributed by atoms with Crippen molar-refractivity contribution in [3.63, 3.8) is 0 Å². The molecule has 5 nitrogen and oxygen atoms in total. The highest BCUT2D eigenvalue weighted by Gasteiger charge is 2.34. The van der Waals surface area contributed by atoms with E-state index in [9.17, 15) is 27.9 Å². The van der Waals surface area contributed by atoms with Gasteiger partial charge >= 0.3 is 6.18 Å². The zero-order valence-corrected chi connectivity index (χ0v) is 19.8. The van der Waals surface area contributed by atoms with Crippen molar-refractivity contribution in [3.05, 3.63) is 58.4 Å². The number of nitrogens with zero attached hydrogens (tertiary/aromatic N) is 1. The third-order valence-electron chi connectivity index (χ3n) is 6.97. The number of pyridine rings is 1. The summed E-state index contributed by atoms with van der Waals surface area (Å²) in [6.45, 7) is 0. The number of aliphatic hydroxyl groups excluding tert-OH is 1. The Bertz CT molecular complexity index is 1070. The van der Waals surface area contributed by atoms with E-state index in [-0.39, 0.29) is 36.2 Å². The predicted octanol–water partition coefficient (Wildman–Crippen LogP) is 5.91. The van der Waals surface area contributed by atoms with Gasteiger partial charge in [0.1, 0.15) is 11.5 Å². The number of fused-ring (bicyclic) bond motifs is 1. The molecule has 2 heterocycles. The first-order valence-electron chi connectivity index (χ1n) is 11.8. The van der Waals surface area contributed by atoms with Crippen molar-refractivity contribution in [2.75, 3.05) is 0 Å². The Balaban J connectivity index is 1.22. The van der Waals surface area contributed by atoms with Gasteiger partial charge in [-0.15, -0.1) is 0 Å². The number of carbonyl (C=O) groups is 2. The molecule has 1 aromatic carbocycles. The first kappa shape index (κ1) is 25.6. The summed E-state index contributed by atoms with van der Waals surface area (Å²) in [5.41, 5.74) is 0.249. The standard InChI is InChI=1S/C26H27ClF3NO4/c27-18-6-10-24-20(12-18)22(33)13-25(35-24)23(34)11-15-1-3-16(4-2-15)21(32)9-8-19-7-5-17(14-31-19)26(28,29)30/h5-7,10,12,14-16,22,25,33H,1-4,8-9,11,13H2/t15?,16?,22-,25+/m0/s1. The van der Waals surface area contributed by atoms with Gasteiger partial charge in [-0.2, -0.15) is 13.2 Å². The maximum absolute atomic E-state index is 12.8. The summed E-state index contributed by atoms with van der Waals surface area (Å²) in [5, 5.41) is 10.9. The van der Waals surface area contributed by atoms with Crippen LogP contribution in [0.15, 0.2) is 36.5 Å². The van der Waals surface area contributed by atoms with E-state index in [4.69, 9.17) is 16.3 Å². The minimum absolute atomic E-state index is 0.0483. The molecular weight excluding hydrogens is 483 g/mol. The van der Waals surface area contributed by atoms with Crippen molar-refractivity contribution in [2.24, 2.45) is 11.8 Å². The number of rotatable bonds is 7. The van der Waals surface area contributed by atoms with Crippen molar-refractivity contribution in [1.29, 1.82) is 0 Å². The number of aliphatic hydroxyl groups is 1. The number of aromatic nitrogens is 1. The lowest BCUT2D eigenvalue weighted by Crippen LogP contribution is -2.35. The molecule has 1 aliphatic heterocycles. The van der Waals surface area contributed by atoms with Gasteiger partial charge in [-0.1, -0.05) is 11.6 Å². The van der Waals surface area contributed by atoms with E-state index in [0.29, 0.717) is 47.7 Å². The molecule has 2 aliphatic rings. The van der Waals surface area contributed by atoms with E-state index >= 15 is 0 Å². The second-order valence-electron chi connectivity index (χ2n) is 9.43. The summed E-state index contributed by atoms with van der Waals surface area (Å²) in [4.78, 5) is 29.3. The van der Waals surface area contributed by atoms with Gasteiger partial charge < -0.3 is 9.84 Å². The highest BCUT2D eigenvalue weighted by atomic mass is 35.5. The largest absolute Gasteiger partial charge is 0.482 e. The average molecular weight is 510 g/mol. The van der Waals surface area contributed by atoms with Crippen LogP contribution in [-0.2, 0) is 22.2 Å². The maximum atomic E-state index is 12.8. The number of benzene rings is 1. The van der Waals surface area contributed by atoms with E-state index in [0.717, 1.165) is 25.1 Å². The number of ketones is 2. The van der Waals surface area contributed by atoms with Gasteiger partial charge in [0.15, 0.2) is 11.9 Å². The smallest absolute Gasteiger partial charge is 0.417 e. The Morgan fingerprint density at radius 3 is 2.49 bits per heavy atom. The van der Waals surface area contributed by atoms with Crippen LogP contribution < -0.4 is 4.74 Å². The van der Waals surface area contributed by atoms with E-state index in [1.807, 2.05) is 0 Å². The summed E-state index contributed by atoms with van der Waals surface area (Å²) in [6.07, 6.45) is -1.17. The molecule has 2 atom stereocenters. The van der Waals surface area contributed by atoms with Gasteiger partial charge in [0, 0.05) is 47.7 Å². The fourth-order valence-electron chi connectivity index (χ4n) is 4.92. The minimum atomic E-state index is -4.43. The quantitative estimate of drug-likeness (QED) is 0.502. The lowest BCUT2D eigenvalue weighted by Gasteiger charge is -2.31. The molecule has 1 aromatic heterocycles. The normalized spacial score (nSPS) is 24.4. The summed E-state index contributed by atoms with van der Waals surface area (Å²) in [5.74, 6) is 0.581. The predicted molar refractivity (Wildman–Crippen MR) is 123 cm³/mol. The molecule has 2 aromatic rings. The fraction of sp³-hybridized carbons (Fsp3) is 0.500. The molecule has 1 fully saturated rings. The van der Waals surface area contributed by atoms with Crippen molar-refractivity contribution < 1.29 is 32.6 Å². The second kappa shape index (κ2) is 10.7. The first-order chi connectivity index (χ1) is 16.6. The highest BCUT2D eigenvalue weighted by Crippen LogP contribution is 2.38. The van der Waals surface area contributed by atoms with E-state index in [2.05, 4.69) is 4.98 Å². The Labute approximate surface area is 206 Å². The third kappa shape index (κ3) is 6.41. The number of aryl methyl sites for hydroxylation is 1.